The minimum atomic E-state index is -0.474. The van der Waals surface area contributed by atoms with E-state index in [4.69, 9.17) is 4.74 Å². The van der Waals surface area contributed by atoms with Crippen LogP contribution in [0.2, 0.25) is 0 Å². The molecule has 1 N–H and O–H groups in total. The third-order valence-electron chi connectivity index (χ3n) is 3.76. The highest BCUT2D eigenvalue weighted by Crippen LogP contribution is 2.25. The van der Waals surface area contributed by atoms with Gasteiger partial charge in [0.25, 0.3) is 0 Å². The normalized spacial score (nSPS) is 18.0. The number of aromatic nitrogens is 2. The molecule has 0 radical (unpaired) electrons. The lowest BCUT2D eigenvalue weighted by atomic mass is 9.90. The fourth-order valence-corrected chi connectivity index (χ4v) is 2.45. The van der Waals surface area contributed by atoms with Gasteiger partial charge in [-0.05, 0) is 47.5 Å². The number of nitrogens with zero attached hydrogens (tertiary/aromatic N) is 3. The molecule has 1 fully saturated rings. The van der Waals surface area contributed by atoms with E-state index in [0.29, 0.717) is 0 Å². The molecule has 0 aliphatic carbocycles. The molecule has 0 atom stereocenters. The van der Waals surface area contributed by atoms with Crippen molar-refractivity contribution in [1.29, 1.82) is 0 Å². The maximum absolute atomic E-state index is 12.0. The average molecular weight is 306 g/mol. The molecule has 0 saturated carbocycles. The van der Waals surface area contributed by atoms with Crippen molar-refractivity contribution >= 4 is 11.9 Å². The van der Waals surface area contributed by atoms with E-state index in [-0.39, 0.29) is 11.6 Å². The maximum atomic E-state index is 12.0. The van der Waals surface area contributed by atoms with Crippen LogP contribution < -0.4 is 10.2 Å². The molecule has 1 aromatic heterocycles. The minimum Gasteiger partial charge on any atom is -0.444 e. The molecule has 0 spiro atoms. The van der Waals surface area contributed by atoms with Gasteiger partial charge in [0.15, 0.2) is 0 Å². The summed E-state index contributed by atoms with van der Waals surface area (Å²) >= 11 is 0. The molecule has 122 valence electrons. The van der Waals surface area contributed by atoms with E-state index in [1.165, 1.54) is 0 Å². The molecule has 1 aliphatic rings. The van der Waals surface area contributed by atoms with Crippen molar-refractivity contribution in [2.45, 2.75) is 58.6 Å². The molecule has 1 aromatic rings. The first kappa shape index (κ1) is 16.5. The van der Waals surface area contributed by atoms with Gasteiger partial charge >= 0.3 is 6.09 Å². The van der Waals surface area contributed by atoms with Crippen LogP contribution in [0, 0.1) is 6.92 Å². The zero-order valence-corrected chi connectivity index (χ0v) is 14.1. The number of rotatable bonds is 2. The predicted octanol–water partition coefficient (Wildman–Crippen LogP) is 2.67. The summed E-state index contributed by atoms with van der Waals surface area (Å²) in [5.41, 5.74) is 0.201. The number of hydrogen-bond acceptors (Lipinski definition) is 5. The Bertz CT molecular complexity index is 514. The SMILES string of the molecule is Cc1cnc(N2CCC(C)(NC(=O)OC(C)(C)C)CC2)cn1. The summed E-state index contributed by atoms with van der Waals surface area (Å²) in [7, 11) is 0. The standard InChI is InChI=1S/C16H26N4O2/c1-12-10-18-13(11-17-12)20-8-6-16(5,7-9-20)19-14(21)22-15(2,3)4/h10-11H,6-9H2,1-5H3,(H,19,21). The molecule has 22 heavy (non-hydrogen) atoms. The molecule has 1 amide bonds. The molecule has 1 aliphatic heterocycles. The van der Waals surface area contributed by atoms with Crippen molar-refractivity contribution in [2.75, 3.05) is 18.0 Å². The monoisotopic (exact) mass is 306 g/mol. The number of nitrogens with one attached hydrogen (secondary N) is 1. The molecule has 0 aromatic carbocycles. The lowest BCUT2D eigenvalue weighted by molar-refractivity contribution is 0.0448. The van der Waals surface area contributed by atoms with Crippen LogP contribution in [0.25, 0.3) is 0 Å². The van der Waals surface area contributed by atoms with Gasteiger partial charge in [-0.1, -0.05) is 0 Å². The predicted molar refractivity (Wildman–Crippen MR) is 86.0 cm³/mol. The number of anilines is 1. The van der Waals surface area contributed by atoms with Crippen LogP contribution in [0.5, 0.6) is 0 Å². The fraction of sp³-hybridized carbons (Fsp3) is 0.688. The molecular weight excluding hydrogens is 280 g/mol. The van der Waals surface area contributed by atoms with E-state index in [1.807, 2.05) is 27.7 Å². The molecular formula is C16H26N4O2. The molecule has 2 heterocycles. The smallest absolute Gasteiger partial charge is 0.408 e. The second-order valence-corrected chi connectivity index (χ2v) is 7.19. The first-order valence-corrected chi connectivity index (χ1v) is 7.72. The molecule has 6 nitrogen and oxygen atoms in total. The Hall–Kier alpha value is -1.85. The van der Waals surface area contributed by atoms with Crippen molar-refractivity contribution in [2.24, 2.45) is 0 Å². The summed E-state index contributed by atoms with van der Waals surface area (Å²) in [6, 6.07) is 0. The summed E-state index contributed by atoms with van der Waals surface area (Å²) in [6.07, 6.45) is 4.93. The van der Waals surface area contributed by atoms with Gasteiger partial charge in [0, 0.05) is 18.6 Å². The van der Waals surface area contributed by atoms with Gasteiger partial charge in [-0.3, -0.25) is 4.98 Å². The number of hydrogen-bond donors (Lipinski definition) is 1. The molecule has 0 bridgehead atoms. The fourth-order valence-electron chi connectivity index (χ4n) is 2.45. The van der Waals surface area contributed by atoms with Gasteiger partial charge in [0.05, 0.1) is 18.1 Å². The zero-order chi connectivity index (χ0) is 16.4. The van der Waals surface area contributed by atoms with Crippen LogP contribution in [-0.2, 0) is 4.74 Å². The van der Waals surface area contributed by atoms with Gasteiger partial charge in [0.1, 0.15) is 11.4 Å². The van der Waals surface area contributed by atoms with E-state index in [0.717, 1.165) is 37.4 Å². The largest absolute Gasteiger partial charge is 0.444 e. The van der Waals surface area contributed by atoms with Crippen LogP contribution >= 0.6 is 0 Å². The van der Waals surface area contributed by atoms with Gasteiger partial charge < -0.3 is 15.0 Å². The van der Waals surface area contributed by atoms with Gasteiger partial charge in [0.2, 0.25) is 0 Å². The van der Waals surface area contributed by atoms with E-state index in [2.05, 4.69) is 27.1 Å². The van der Waals surface area contributed by atoms with Crippen molar-refractivity contribution in [3.05, 3.63) is 18.1 Å². The summed E-state index contributed by atoms with van der Waals surface area (Å²) in [4.78, 5) is 22.8. The first-order valence-electron chi connectivity index (χ1n) is 7.72. The van der Waals surface area contributed by atoms with Crippen molar-refractivity contribution in [3.63, 3.8) is 0 Å². The summed E-state index contributed by atoms with van der Waals surface area (Å²) in [6.45, 7) is 11.3. The van der Waals surface area contributed by atoms with Crippen LogP contribution in [-0.4, -0.2) is 40.3 Å². The Kier molecular flexibility index (Phi) is 4.58. The second kappa shape index (κ2) is 6.10. The van der Waals surface area contributed by atoms with E-state index in [9.17, 15) is 4.79 Å². The minimum absolute atomic E-state index is 0.239. The maximum Gasteiger partial charge on any atom is 0.408 e. The lowest BCUT2D eigenvalue weighted by Crippen LogP contribution is -2.54. The number of alkyl carbamates (subject to hydrolysis) is 1. The van der Waals surface area contributed by atoms with Crippen molar-refractivity contribution in [3.8, 4) is 0 Å². The highest BCUT2D eigenvalue weighted by atomic mass is 16.6. The molecule has 6 heteroatoms. The number of carbonyl (C=O) groups excluding carboxylic acids is 1. The first-order chi connectivity index (χ1) is 10.2. The van der Waals surface area contributed by atoms with E-state index in [1.54, 1.807) is 12.4 Å². The number of ether oxygens (including phenoxy) is 1. The summed E-state index contributed by atoms with van der Waals surface area (Å²) in [5.74, 6) is 0.893. The highest BCUT2D eigenvalue weighted by molar-refractivity contribution is 5.68. The average Bonchev–Trinajstić information content (AvgIpc) is 2.38. The third kappa shape index (κ3) is 4.58. The number of piperidine rings is 1. The number of carbonyl (C=O) groups is 1. The Labute approximate surface area is 132 Å². The summed E-state index contributed by atoms with van der Waals surface area (Å²) in [5, 5.41) is 3.01. The summed E-state index contributed by atoms with van der Waals surface area (Å²) < 4.78 is 5.34. The second-order valence-electron chi connectivity index (χ2n) is 7.19. The third-order valence-corrected chi connectivity index (χ3v) is 3.76. The van der Waals surface area contributed by atoms with Crippen molar-refractivity contribution < 1.29 is 9.53 Å². The Morgan fingerprint density at radius 1 is 1.27 bits per heavy atom. The number of amides is 1. The molecule has 0 unspecified atom stereocenters. The van der Waals surface area contributed by atoms with Crippen LogP contribution in [0.3, 0.4) is 0 Å². The molecule has 1 saturated heterocycles. The highest BCUT2D eigenvalue weighted by Gasteiger charge is 2.33. The van der Waals surface area contributed by atoms with Crippen LogP contribution in [0.4, 0.5) is 10.6 Å². The van der Waals surface area contributed by atoms with Gasteiger partial charge in [-0.2, -0.15) is 0 Å². The van der Waals surface area contributed by atoms with E-state index >= 15 is 0 Å². The van der Waals surface area contributed by atoms with Gasteiger partial charge in [-0.15, -0.1) is 0 Å². The zero-order valence-electron chi connectivity index (χ0n) is 14.1. The Morgan fingerprint density at radius 3 is 2.41 bits per heavy atom. The topological polar surface area (TPSA) is 67.4 Å². The number of aryl methyl sites for hydroxylation is 1. The van der Waals surface area contributed by atoms with Crippen LogP contribution in [0.15, 0.2) is 12.4 Å². The van der Waals surface area contributed by atoms with E-state index < -0.39 is 5.60 Å². The van der Waals surface area contributed by atoms with Crippen molar-refractivity contribution in [1.82, 2.24) is 15.3 Å². The lowest BCUT2D eigenvalue weighted by Gasteiger charge is -2.40. The Balaban J connectivity index is 1.90. The molecule has 2 rings (SSSR count). The van der Waals surface area contributed by atoms with Gasteiger partial charge in [-0.25, -0.2) is 9.78 Å². The quantitative estimate of drug-likeness (QED) is 0.910. The Morgan fingerprint density at radius 2 is 1.91 bits per heavy atom. The van der Waals surface area contributed by atoms with Crippen LogP contribution in [0.1, 0.15) is 46.2 Å².